The summed E-state index contributed by atoms with van der Waals surface area (Å²) in [5.41, 5.74) is 7.79. The van der Waals surface area contributed by atoms with Gasteiger partial charge in [0.1, 0.15) is 0 Å². The van der Waals surface area contributed by atoms with E-state index in [9.17, 15) is 9.59 Å². The first-order valence-corrected chi connectivity index (χ1v) is 7.19. The highest BCUT2D eigenvalue weighted by molar-refractivity contribution is 6.06. The minimum absolute atomic E-state index is 0.0618. The zero-order valence-electron chi connectivity index (χ0n) is 12.8. The van der Waals surface area contributed by atoms with E-state index in [4.69, 9.17) is 16.0 Å². The molecule has 0 aliphatic heterocycles. The second-order valence-electron chi connectivity index (χ2n) is 5.11. The van der Waals surface area contributed by atoms with Gasteiger partial charge in [0, 0.05) is 23.2 Å². The maximum atomic E-state index is 12.2. The third kappa shape index (κ3) is 4.57. The third-order valence-corrected chi connectivity index (χ3v) is 3.37. The molecular formula is C17H17N3O4. The lowest BCUT2D eigenvalue weighted by atomic mass is 10.1. The van der Waals surface area contributed by atoms with Crippen molar-refractivity contribution in [1.29, 1.82) is 0 Å². The van der Waals surface area contributed by atoms with E-state index in [1.165, 1.54) is 6.07 Å². The maximum absolute atomic E-state index is 12.2. The zero-order valence-corrected chi connectivity index (χ0v) is 12.8. The number of benzene rings is 2. The molecule has 0 saturated carbocycles. The molecule has 0 radical (unpaired) electrons. The molecule has 2 aromatic rings. The highest BCUT2D eigenvalue weighted by Crippen LogP contribution is 2.13. The van der Waals surface area contributed by atoms with Crippen LogP contribution >= 0.6 is 0 Å². The number of hydrogen-bond acceptors (Lipinski definition) is 4. The largest absolute Gasteiger partial charge is 0.481 e. The van der Waals surface area contributed by atoms with E-state index >= 15 is 0 Å². The van der Waals surface area contributed by atoms with E-state index in [1.807, 2.05) is 0 Å². The Labute approximate surface area is 138 Å². The van der Waals surface area contributed by atoms with E-state index < -0.39 is 5.97 Å². The molecule has 1 amide bonds. The fraction of sp³-hybridized carbons (Fsp3) is 0.118. The van der Waals surface area contributed by atoms with E-state index in [-0.39, 0.29) is 18.2 Å². The van der Waals surface area contributed by atoms with Gasteiger partial charge < -0.3 is 21.4 Å². The fourth-order valence-electron chi connectivity index (χ4n) is 2.09. The van der Waals surface area contributed by atoms with Gasteiger partial charge in [-0.15, -0.1) is 0 Å². The Morgan fingerprint density at radius 3 is 2.38 bits per heavy atom. The summed E-state index contributed by atoms with van der Waals surface area (Å²) in [5.74, 6) is -1.26. The number of carbonyl (C=O) groups is 2. The Balaban J connectivity index is 2.05. The van der Waals surface area contributed by atoms with Gasteiger partial charge in [0.2, 0.25) is 0 Å². The summed E-state index contributed by atoms with van der Waals surface area (Å²) in [6.07, 6.45) is 0.498. The number of aryl methyl sites for hydroxylation is 1. The van der Waals surface area contributed by atoms with Gasteiger partial charge in [-0.1, -0.05) is 29.4 Å². The number of nitrogens with zero attached hydrogens (tertiary/aromatic N) is 1. The molecule has 0 unspecified atom stereocenters. The second-order valence-corrected chi connectivity index (χ2v) is 5.11. The molecule has 2 rings (SSSR count). The normalized spacial score (nSPS) is 11.1. The van der Waals surface area contributed by atoms with Crippen molar-refractivity contribution in [2.75, 3.05) is 5.32 Å². The monoisotopic (exact) mass is 327 g/mol. The van der Waals surface area contributed by atoms with Crippen LogP contribution in [0.15, 0.2) is 53.7 Å². The maximum Gasteiger partial charge on any atom is 0.303 e. The summed E-state index contributed by atoms with van der Waals surface area (Å²) in [6, 6.07) is 13.4. The number of nitrogens with one attached hydrogen (secondary N) is 1. The van der Waals surface area contributed by atoms with E-state index in [1.54, 1.807) is 42.5 Å². The van der Waals surface area contributed by atoms with Crippen LogP contribution in [0.5, 0.6) is 0 Å². The summed E-state index contributed by atoms with van der Waals surface area (Å²) in [4.78, 5) is 22.8. The summed E-state index contributed by atoms with van der Waals surface area (Å²) < 4.78 is 0. The van der Waals surface area contributed by atoms with Crippen LogP contribution in [0.25, 0.3) is 0 Å². The summed E-state index contributed by atoms with van der Waals surface area (Å²) in [5, 5.41) is 23.0. The first-order valence-electron chi connectivity index (χ1n) is 7.19. The lowest BCUT2D eigenvalue weighted by Gasteiger charge is -2.07. The molecule has 0 saturated heterocycles. The van der Waals surface area contributed by atoms with Crippen molar-refractivity contribution in [2.45, 2.75) is 12.8 Å². The van der Waals surface area contributed by atoms with Gasteiger partial charge in [-0.2, -0.15) is 0 Å². The molecule has 7 nitrogen and oxygen atoms in total. The van der Waals surface area contributed by atoms with Crippen molar-refractivity contribution < 1.29 is 19.9 Å². The highest BCUT2D eigenvalue weighted by atomic mass is 16.4. The molecular weight excluding hydrogens is 310 g/mol. The minimum Gasteiger partial charge on any atom is -0.481 e. The predicted molar refractivity (Wildman–Crippen MR) is 89.3 cm³/mol. The number of carbonyl (C=O) groups excluding carboxylic acids is 1. The SMILES string of the molecule is N/C(=N/O)c1cccc(C(=O)Nc2ccc(CCC(=O)O)cc2)c1. The fourth-order valence-corrected chi connectivity index (χ4v) is 2.09. The smallest absolute Gasteiger partial charge is 0.303 e. The van der Waals surface area contributed by atoms with Crippen LogP contribution in [-0.4, -0.2) is 28.0 Å². The molecule has 0 spiro atoms. The van der Waals surface area contributed by atoms with E-state index in [0.29, 0.717) is 23.2 Å². The van der Waals surface area contributed by atoms with Crippen LogP contribution in [0.2, 0.25) is 0 Å². The van der Waals surface area contributed by atoms with Gasteiger partial charge in [-0.25, -0.2) is 0 Å². The topological polar surface area (TPSA) is 125 Å². The Morgan fingerprint density at radius 1 is 1.08 bits per heavy atom. The molecule has 0 aliphatic rings. The molecule has 0 bridgehead atoms. The number of carboxylic acid groups (broad SMARTS) is 1. The molecule has 124 valence electrons. The van der Waals surface area contributed by atoms with Gasteiger partial charge in [-0.3, -0.25) is 9.59 Å². The first-order chi connectivity index (χ1) is 11.5. The standard InChI is InChI=1S/C17H17N3O4/c18-16(20-24)12-2-1-3-13(10-12)17(23)19-14-7-4-11(5-8-14)6-9-15(21)22/h1-5,7-8,10,24H,6,9H2,(H2,18,20)(H,19,23)(H,21,22). The number of carboxylic acids is 1. The van der Waals surface area contributed by atoms with Crippen LogP contribution in [0.4, 0.5) is 5.69 Å². The number of hydrogen-bond donors (Lipinski definition) is 4. The molecule has 0 atom stereocenters. The summed E-state index contributed by atoms with van der Waals surface area (Å²) >= 11 is 0. The van der Waals surface area contributed by atoms with Crippen LogP contribution in [-0.2, 0) is 11.2 Å². The van der Waals surface area contributed by atoms with Gasteiger partial charge >= 0.3 is 5.97 Å². The molecule has 7 heteroatoms. The number of rotatable bonds is 6. The number of aliphatic carboxylic acids is 1. The number of nitrogens with two attached hydrogens (primary N) is 1. The number of amidine groups is 1. The molecule has 5 N–H and O–H groups in total. The van der Waals surface area contributed by atoms with E-state index in [0.717, 1.165) is 5.56 Å². The van der Waals surface area contributed by atoms with E-state index in [2.05, 4.69) is 10.5 Å². The second kappa shape index (κ2) is 7.77. The average molecular weight is 327 g/mol. The van der Waals surface area contributed by atoms with Crippen molar-refractivity contribution in [3.63, 3.8) is 0 Å². The van der Waals surface area contributed by atoms with Crippen molar-refractivity contribution in [1.82, 2.24) is 0 Å². The molecule has 0 heterocycles. The van der Waals surface area contributed by atoms with Gasteiger partial charge in [0.25, 0.3) is 5.91 Å². The van der Waals surface area contributed by atoms with Gasteiger partial charge in [-0.05, 0) is 36.2 Å². The van der Waals surface area contributed by atoms with Crippen molar-refractivity contribution in [3.8, 4) is 0 Å². The molecule has 2 aromatic carbocycles. The van der Waals surface area contributed by atoms with Crippen LogP contribution in [0.1, 0.15) is 27.9 Å². The number of amides is 1. The van der Waals surface area contributed by atoms with Crippen LogP contribution < -0.4 is 11.1 Å². The lowest BCUT2D eigenvalue weighted by molar-refractivity contribution is -0.136. The quantitative estimate of drug-likeness (QED) is 0.280. The molecule has 24 heavy (non-hydrogen) atoms. The van der Waals surface area contributed by atoms with Crippen LogP contribution in [0, 0.1) is 0 Å². The van der Waals surface area contributed by atoms with Crippen LogP contribution in [0.3, 0.4) is 0 Å². The average Bonchev–Trinajstić information content (AvgIpc) is 2.60. The van der Waals surface area contributed by atoms with Gasteiger partial charge in [0.05, 0.1) is 0 Å². The Hall–Kier alpha value is -3.35. The van der Waals surface area contributed by atoms with Gasteiger partial charge in [0.15, 0.2) is 5.84 Å². The predicted octanol–water partition coefficient (Wildman–Crippen LogP) is 2.05. The Kier molecular flexibility index (Phi) is 5.51. The summed E-state index contributed by atoms with van der Waals surface area (Å²) in [6.45, 7) is 0. The molecule has 0 aliphatic carbocycles. The molecule has 0 aromatic heterocycles. The first kappa shape index (κ1) is 17.0. The van der Waals surface area contributed by atoms with Crippen molar-refractivity contribution >= 4 is 23.4 Å². The molecule has 0 fully saturated rings. The summed E-state index contributed by atoms with van der Waals surface area (Å²) in [7, 11) is 0. The Morgan fingerprint density at radius 2 is 1.75 bits per heavy atom. The minimum atomic E-state index is -0.849. The number of oxime groups is 1. The lowest BCUT2D eigenvalue weighted by Crippen LogP contribution is -2.16. The Bertz CT molecular complexity index is 770. The van der Waals surface area contributed by atoms with Crippen molar-refractivity contribution in [2.24, 2.45) is 10.9 Å². The third-order valence-electron chi connectivity index (χ3n) is 3.37. The van der Waals surface area contributed by atoms with Crippen molar-refractivity contribution in [3.05, 3.63) is 65.2 Å². The highest BCUT2D eigenvalue weighted by Gasteiger charge is 2.09. The zero-order chi connectivity index (χ0) is 17.5. The number of anilines is 1.